The highest BCUT2D eigenvalue weighted by atomic mass is 79.9. The Labute approximate surface area is 124 Å². The van der Waals surface area contributed by atoms with E-state index in [0.717, 1.165) is 12.8 Å². The van der Waals surface area contributed by atoms with Gasteiger partial charge in [0.15, 0.2) is 0 Å². The molecule has 1 heterocycles. The Kier molecular flexibility index (Phi) is 4.06. The van der Waals surface area contributed by atoms with Gasteiger partial charge in [0.25, 0.3) is 0 Å². The number of benzene rings is 1. The monoisotopic (exact) mass is 396 g/mol. The minimum absolute atomic E-state index is 0.0475. The molecule has 1 saturated heterocycles. The van der Waals surface area contributed by atoms with E-state index in [4.69, 9.17) is 5.73 Å². The Hall–Kier alpha value is -0.110. The predicted molar refractivity (Wildman–Crippen MR) is 78.8 cm³/mol. The summed E-state index contributed by atoms with van der Waals surface area (Å²) in [5.74, 6) is 0. The van der Waals surface area contributed by atoms with E-state index in [1.807, 2.05) is 6.92 Å². The van der Waals surface area contributed by atoms with Gasteiger partial charge in [0.1, 0.15) is 4.90 Å². The lowest BCUT2D eigenvalue weighted by atomic mass is 10.3. The minimum Gasteiger partial charge on any atom is -0.399 e. The van der Waals surface area contributed by atoms with Crippen molar-refractivity contribution in [1.82, 2.24) is 4.31 Å². The van der Waals surface area contributed by atoms with Crippen molar-refractivity contribution in [2.24, 2.45) is 0 Å². The van der Waals surface area contributed by atoms with Crippen molar-refractivity contribution >= 4 is 47.6 Å². The van der Waals surface area contributed by atoms with Crippen molar-refractivity contribution < 1.29 is 8.42 Å². The van der Waals surface area contributed by atoms with Crippen LogP contribution in [0.4, 0.5) is 5.69 Å². The van der Waals surface area contributed by atoms with E-state index in [9.17, 15) is 8.42 Å². The molecule has 1 atom stereocenters. The van der Waals surface area contributed by atoms with Crippen LogP contribution >= 0.6 is 31.9 Å². The third-order valence-electron chi connectivity index (χ3n) is 3.08. The van der Waals surface area contributed by atoms with Crippen LogP contribution in [0, 0.1) is 0 Å². The zero-order valence-electron chi connectivity index (χ0n) is 9.86. The van der Waals surface area contributed by atoms with Crippen LogP contribution in [0.1, 0.15) is 19.8 Å². The molecule has 1 aromatic carbocycles. The van der Waals surface area contributed by atoms with Gasteiger partial charge in [0, 0.05) is 27.2 Å². The van der Waals surface area contributed by atoms with Crippen molar-refractivity contribution in [3.63, 3.8) is 0 Å². The number of nitrogens with zero attached hydrogens (tertiary/aromatic N) is 1. The Morgan fingerprint density at radius 3 is 2.33 bits per heavy atom. The normalized spacial score (nSPS) is 21.4. The second-order valence-electron chi connectivity index (χ2n) is 4.42. The fraction of sp³-hybridized carbons (Fsp3) is 0.455. The highest BCUT2D eigenvalue weighted by Gasteiger charge is 2.35. The molecule has 0 bridgehead atoms. The maximum atomic E-state index is 12.6. The molecule has 0 saturated carbocycles. The fourth-order valence-corrected chi connectivity index (χ4v) is 6.45. The molecule has 0 radical (unpaired) electrons. The maximum Gasteiger partial charge on any atom is 0.245 e. The second-order valence-corrected chi connectivity index (χ2v) is 7.96. The molecule has 1 aliphatic rings. The molecule has 1 fully saturated rings. The SMILES string of the molecule is CC1CCCN1S(=O)(=O)c1c(Br)cc(N)cc1Br. The number of nitrogens with two attached hydrogens (primary N) is 1. The quantitative estimate of drug-likeness (QED) is 0.780. The molecule has 0 aliphatic carbocycles. The number of rotatable bonds is 2. The molecular formula is C11H14Br2N2O2S. The van der Waals surface area contributed by atoms with Gasteiger partial charge >= 0.3 is 0 Å². The molecule has 4 nitrogen and oxygen atoms in total. The van der Waals surface area contributed by atoms with E-state index in [-0.39, 0.29) is 10.9 Å². The highest BCUT2D eigenvalue weighted by Crippen LogP contribution is 2.36. The third-order valence-corrected chi connectivity index (χ3v) is 6.97. The van der Waals surface area contributed by atoms with Crippen molar-refractivity contribution in [2.75, 3.05) is 12.3 Å². The number of hydrogen-bond donors (Lipinski definition) is 1. The lowest BCUT2D eigenvalue weighted by Crippen LogP contribution is -2.34. The Bertz CT molecular complexity index is 551. The summed E-state index contributed by atoms with van der Waals surface area (Å²) in [6.45, 7) is 2.51. The van der Waals surface area contributed by atoms with Gasteiger partial charge in [-0.1, -0.05) is 0 Å². The Morgan fingerprint density at radius 1 is 1.33 bits per heavy atom. The van der Waals surface area contributed by atoms with E-state index in [0.29, 0.717) is 21.2 Å². The average molecular weight is 398 g/mol. The molecular weight excluding hydrogens is 384 g/mol. The summed E-state index contributed by atoms with van der Waals surface area (Å²) in [6, 6.07) is 3.27. The first kappa shape index (κ1) is 14.3. The van der Waals surface area contributed by atoms with Crippen LogP contribution in [0.15, 0.2) is 26.0 Å². The van der Waals surface area contributed by atoms with Gasteiger partial charge in [-0.3, -0.25) is 0 Å². The van der Waals surface area contributed by atoms with Crippen LogP contribution in [0.5, 0.6) is 0 Å². The summed E-state index contributed by atoms with van der Waals surface area (Å²) in [6.07, 6.45) is 1.81. The standard InChI is InChI=1S/C11H14Br2N2O2S/c1-7-3-2-4-15(7)18(16,17)11-9(12)5-8(14)6-10(11)13/h5-7H,2-4,14H2,1H3. The molecule has 1 unspecified atom stereocenters. The molecule has 1 aliphatic heterocycles. The van der Waals surface area contributed by atoms with Crippen LogP contribution < -0.4 is 5.73 Å². The largest absolute Gasteiger partial charge is 0.399 e. The average Bonchev–Trinajstić information content (AvgIpc) is 2.62. The molecule has 100 valence electrons. The van der Waals surface area contributed by atoms with E-state index in [2.05, 4.69) is 31.9 Å². The highest BCUT2D eigenvalue weighted by molar-refractivity contribution is 9.11. The van der Waals surface area contributed by atoms with E-state index >= 15 is 0 Å². The number of hydrogen-bond acceptors (Lipinski definition) is 3. The molecule has 7 heteroatoms. The summed E-state index contributed by atoms with van der Waals surface area (Å²) in [5.41, 5.74) is 6.20. The predicted octanol–water partition coefficient (Wildman–Crippen LogP) is 2.97. The number of halogens is 2. The summed E-state index contributed by atoms with van der Waals surface area (Å²) in [7, 11) is -3.48. The van der Waals surface area contributed by atoms with Crippen LogP contribution in [-0.4, -0.2) is 25.3 Å². The smallest absolute Gasteiger partial charge is 0.245 e. The van der Waals surface area contributed by atoms with Gasteiger partial charge in [-0.2, -0.15) is 4.31 Å². The van der Waals surface area contributed by atoms with Crippen molar-refractivity contribution in [2.45, 2.75) is 30.7 Å². The third kappa shape index (κ3) is 2.45. The van der Waals surface area contributed by atoms with Gasteiger partial charge in [0.05, 0.1) is 0 Å². The van der Waals surface area contributed by atoms with Gasteiger partial charge in [-0.05, 0) is 63.8 Å². The van der Waals surface area contributed by atoms with Crippen LogP contribution in [-0.2, 0) is 10.0 Å². The molecule has 2 N–H and O–H groups in total. The van der Waals surface area contributed by atoms with Crippen molar-refractivity contribution in [1.29, 1.82) is 0 Å². The van der Waals surface area contributed by atoms with Gasteiger partial charge in [-0.25, -0.2) is 8.42 Å². The Balaban J connectivity index is 2.54. The Morgan fingerprint density at radius 2 is 1.89 bits per heavy atom. The lowest BCUT2D eigenvalue weighted by molar-refractivity contribution is 0.408. The van der Waals surface area contributed by atoms with E-state index in [1.54, 1.807) is 16.4 Å². The van der Waals surface area contributed by atoms with Crippen molar-refractivity contribution in [3.05, 3.63) is 21.1 Å². The molecule has 1 aromatic rings. The van der Waals surface area contributed by atoms with E-state index < -0.39 is 10.0 Å². The summed E-state index contributed by atoms with van der Waals surface area (Å²) < 4.78 is 27.8. The zero-order valence-corrected chi connectivity index (χ0v) is 13.8. The first-order chi connectivity index (χ1) is 8.34. The first-order valence-corrected chi connectivity index (χ1v) is 8.63. The van der Waals surface area contributed by atoms with Crippen molar-refractivity contribution in [3.8, 4) is 0 Å². The number of sulfonamides is 1. The second kappa shape index (κ2) is 5.11. The molecule has 0 amide bonds. The van der Waals surface area contributed by atoms with E-state index in [1.165, 1.54) is 0 Å². The summed E-state index contributed by atoms with van der Waals surface area (Å²) >= 11 is 6.57. The van der Waals surface area contributed by atoms with Gasteiger partial charge in [-0.15, -0.1) is 0 Å². The molecule has 0 aromatic heterocycles. The topological polar surface area (TPSA) is 63.4 Å². The molecule has 0 spiro atoms. The number of anilines is 1. The van der Waals surface area contributed by atoms with Crippen LogP contribution in [0.2, 0.25) is 0 Å². The summed E-state index contributed by atoms with van der Waals surface area (Å²) in [4.78, 5) is 0.255. The van der Waals surface area contributed by atoms with Gasteiger partial charge in [0.2, 0.25) is 10.0 Å². The molecule has 18 heavy (non-hydrogen) atoms. The lowest BCUT2D eigenvalue weighted by Gasteiger charge is -2.22. The van der Waals surface area contributed by atoms with Crippen LogP contribution in [0.3, 0.4) is 0 Å². The zero-order chi connectivity index (χ0) is 13.5. The van der Waals surface area contributed by atoms with Crippen LogP contribution in [0.25, 0.3) is 0 Å². The molecule has 2 rings (SSSR count). The fourth-order valence-electron chi connectivity index (χ4n) is 2.21. The number of nitrogen functional groups attached to an aromatic ring is 1. The maximum absolute atomic E-state index is 12.6. The summed E-state index contributed by atoms with van der Waals surface area (Å²) in [5, 5.41) is 0. The first-order valence-electron chi connectivity index (χ1n) is 5.60. The van der Waals surface area contributed by atoms with Gasteiger partial charge < -0.3 is 5.73 Å². The minimum atomic E-state index is -3.48.